The number of benzene rings is 2. The summed E-state index contributed by atoms with van der Waals surface area (Å²) in [6.07, 6.45) is 0. The quantitative estimate of drug-likeness (QED) is 0.548. The van der Waals surface area contributed by atoms with E-state index in [0.717, 1.165) is 11.1 Å². The molecule has 7 nitrogen and oxygen atoms in total. The summed E-state index contributed by atoms with van der Waals surface area (Å²) in [7, 11) is 3.13. The van der Waals surface area contributed by atoms with Crippen LogP contribution in [0.1, 0.15) is 11.3 Å². The van der Waals surface area contributed by atoms with E-state index in [1.807, 2.05) is 25.1 Å². The van der Waals surface area contributed by atoms with Crippen LogP contribution in [0.25, 0.3) is 11.3 Å². The summed E-state index contributed by atoms with van der Waals surface area (Å²) in [5, 5.41) is 3.93. The van der Waals surface area contributed by atoms with Gasteiger partial charge in [-0.05, 0) is 37.3 Å². The molecule has 7 heteroatoms. The van der Waals surface area contributed by atoms with E-state index >= 15 is 0 Å². The first kappa shape index (κ1) is 19.3. The van der Waals surface area contributed by atoms with Gasteiger partial charge in [0.15, 0.2) is 23.9 Å². The van der Waals surface area contributed by atoms with Gasteiger partial charge in [-0.2, -0.15) is 0 Å². The number of ether oxygens (including phenoxy) is 4. The Morgan fingerprint density at radius 1 is 1.00 bits per heavy atom. The molecule has 0 aliphatic rings. The third-order valence-electron chi connectivity index (χ3n) is 3.99. The maximum Gasteiger partial charge on any atom is 0.344 e. The lowest BCUT2D eigenvalue weighted by atomic mass is 10.1. The van der Waals surface area contributed by atoms with Crippen LogP contribution in [0.5, 0.6) is 17.2 Å². The van der Waals surface area contributed by atoms with Crippen LogP contribution in [0.3, 0.4) is 0 Å². The molecule has 0 aliphatic carbocycles. The predicted octanol–water partition coefficient (Wildman–Crippen LogP) is 3.79. The van der Waals surface area contributed by atoms with Crippen molar-refractivity contribution in [2.45, 2.75) is 13.5 Å². The van der Waals surface area contributed by atoms with E-state index in [9.17, 15) is 4.79 Å². The number of carbonyl (C=O) groups is 1. The van der Waals surface area contributed by atoms with Crippen LogP contribution in [0.4, 0.5) is 0 Å². The van der Waals surface area contributed by atoms with Crippen molar-refractivity contribution in [3.63, 3.8) is 0 Å². The largest absolute Gasteiger partial charge is 0.493 e. The number of rotatable bonds is 8. The van der Waals surface area contributed by atoms with Gasteiger partial charge < -0.3 is 23.5 Å². The minimum atomic E-state index is -0.490. The molecule has 0 N–H and O–H groups in total. The average Bonchev–Trinajstić information content (AvgIpc) is 3.20. The van der Waals surface area contributed by atoms with Crippen molar-refractivity contribution in [3.8, 4) is 28.6 Å². The highest BCUT2D eigenvalue weighted by Crippen LogP contribution is 2.32. The molecule has 3 aromatic rings. The van der Waals surface area contributed by atoms with E-state index in [0.29, 0.717) is 28.7 Å². The summed E-state index contributed by atoms with van der Waals surface area (Å²) in [6, 6.07) is 14.5. The van der Waals surface area contributed by atoms with Crippen LogP contribution in [-0.4, -0.2) is 32.0 Å². The summed E-state index contributed by atoms with van der Waals surface area (Å²) < 4.78 is 26.4. The van der Waals surface area contributed by atoms with Gasteiger partial charge in [0.05, 0.1) is 14.2 Å². The standard InChI is InChI=1S/C21H21NO6/c1-14-4-7-17(8-5-14)26-13-21(23)27-12-16-11-19(28-22-16)15-6-9-18(24-2)20(10-15)25-3/h4-11H,12-13H2,1-3H3. The first-order valence-corrected chi connectivity index (χ1v) is 8.62. The van der Waals surface area contributed by atoms with Crippen LogP contribution in [0.2, 0.25) is 0 Å². The SMILES string of the molecule is COc1ccc(-c2cc(COC(=O)COc3ccc(C)cc3)no2)cc1OC. The molecule has 0 saturated carbocycles. The van der Waals surface area contributed by atoms with Crippen molar-refractivity contribution < 1.29 is 28.3 Å². The molecule has 1 aromatic heterocycles. The van der Waals surface area contributed by atoms with E-state index < -0.39 is 5.97 Å². The Balaban J connectivity index is 1.54. The maximum atomic E-state index is 11.9. The van der Waals surface area contributed by atoms with Crippen LogP contribution < -0.4 is 14.2 Å². The Morgan fingerprint density at radius 3 is 2.46 bits per heavy atom. The lowest BCUT2D eigenvalue weighted by Crippen LogP contribution is -2.14. The van der Waals surface area contributed by atoms with E-state index in [-0.39, 0.29) is 13.2 Å². The van der Waals surface area contributed by atoms with Gasteiger partial charge in [0.1, 0.15) is 18.1 Å². The first-order chi connectivity index (χ1) is 13.6. The average molecular weight is 383 g/mol. The molecule has 0 radical (unpaired) electrons. The van der Waals surface area contributed by atoms with Crippen molar-refractivity contribution in [3.05, 3.63) is 59.8 Å². The number of nitrogens with zero attached hydrogens (tertiary/aromatic N) is 1. The van der Waals surface area contributed by atoms with Gasteiger partial charge in [0.2, 0.25) is 0 Å². The van der Waals surface area contributed by atoms with Crippen LogP contribution >= 0.6 is 0 Å². The summed E-state index contributed by atoms with van der Waals surface area (Å²) in [6.45, 7) is 1.79. The number of aryl methyl sites for hydroxylation is 1. The molecule has 0 atom stereocenters. The van der Waals surface area contributed by atoms with E-state index in [4.69, 9.17) is 23.5 Å². The Labute approximate surface area is 162 Å². The molecule has 0 amide bonds. The number of hydrogen-bond donors (Lipinski definition) is 0. The van der Waals surface area contributed by atoms with E-state index in [2.05, 4.69) is 5.16 Å². The van der Waals surface area contributed by atoms with Crippen LogP contribution in [-0.2, 0) is 16.1 Å². The molecule has 2 aromatic carbocycles. The fourth-order valence-corrected chi connectivity index (χ4v) is 2.48. The summed E-state index contributed by atoms with van der Waals surface area (Å²) in [5.74, 6) is 1.85. The normalized spacial score (nSPS) is 10.4. The number of hydrogen-bond acceptors (Lipinski definition) is 7. The third kappa shape index (κ3) is 4.82. The Morgan fingerprint density at radius 2 is 1.75 bits per heavy atom. The molecule has 1 heterocycles. The lowest BCUT2D eigenvalue weighted by Gasteiger charge is -2.07. The second-order valence-corrected chi connectivity index (χ2v) is 6.01. The second kappa shape index (κ2) is 8.94. The third-order valence-corrected chi connectivity index (χ3v) is 3.99. The Bertz CT molecular complexity index is 932. The van der Waals surface area contributed by atoms with Gasteiger partial charge in [0.25, 0.3) is 0 Å². The number of esters is 1. The summed E-state index contributed by atoms with van der Waals surface area (Å²) in [5.41, 5.74) is 2.38. The van der Waals surface area contributed by atoms with Crippen LogP contribution in [0, 0.1) is 6.92 Å². The van der Waals surface area contributed by atoms with Crippen molar-refractivity contribution >= 4 is 5.97 Å². The fraction of sp³-hybridized carbons (Fsp3) is 0.238. The summed E-state index contributed by atoms with van der Waals surface area (Å²) >= 11 is 0. The monoisotopic (exact) mass is 383 g/mol. The molecule has 0 saturated heterocycles. The van der Waals surface area contributed by atoms with Crippen molar-refractivity contribution in [1.29, 1.82) is 0 Å². The number of methoxy groups -OCH3 is 2. The molecule has 28 heavy (non-hydrogen) atoms. The van der Waals surface area contributed by atoms with Gasteiger partial charge in [0, 0.05) is 11.6 Å². The molecule has 0 bridgehead atoms. The van der Waals surface area contributed by atoms with Crippen molar-refractivity contribution in [2.75, 3.05) is 20.8 Å². The van der Waals surface area contributed by atoms with Gasteiger partial charge in [-0.25, -0.2) is 4.79 Å². The summed E-state index contributed by atoms with van der Waals surface area (Å²) in [4.78, 5) is 11.9. The zero-order valence-corrected chi connectivity index (χ0v) is 15.9. The topological polar surface area (TPSA) is 80.0 Å². The van der Waals surface area contributed by atoms with E-state index in [1.54, 1.807) is 44.6 Å². The minimum Gasteiger partial charge on any atom is -0.493 e. The zero-order valence-electron chi connectivity index (χ0n) is 15.9. The first-order valence-electron chi connectivity index (χ1n) is 8.62. The highest BCUT2D eigenvalue weighted by molar-refractivity contribution is 5.71. The van der Waals surface area contributed by atoms with Gasteiger partial charge in [-0.15, -0.1) is 0 Å². The Kier molecular flexibility index (Phi) is 6.16. The molecule has 0 fully saturated rings. The van der Waals surface area contributed by atoms with Gasteiger partial charge in [-0.1, -0.05) is 22.9 Å². The van der Waals surface area contributed by atoms with Gasteiger partial charge in [-0.3, -0.25) is 0 Å². The molecule has 0 unspecified atom stereocenters. The zero-order chi connectivity index (χ0) is 19.9. The minimum absolute atomic E-state index is 0.00706. The second-order valence-electron chi connectivity index (χ2n) is 6.01. The molecule has 3 rings (SSSR count). The number of carbonyl (C=O) groups excluding carboxylic acids is 1. The smallest absolute Gasteiger partial charge is 0.344 e. The number of aromatic nitrogens is 1. The Hall–Kier alpha value is -3.48. The lowest BCUT2D eigenvalue weighted by molar-refractivity contribution is -0.147. The maximum absolute atomic E-state index is 11.9. The van der Waals surface area contributed by atoms with E-state index in [1.165, 1.54) is 0 Å². The molecular formula is C21H21NO6. The molecular weight excluding hydrogens is 362 g/mol. The highest BCUT2D eigenvalue weighted by Gasteiger charge is 2.12. The molecule has 0 aliphatic heterocycles. The molecule has 146 valence electrons. The highest BCUT2D eigenvalue weighted by atomic mass is 16.6. The van der Waals surface area contributed by atoms with Crippen molar-refractivity contribution in [2.24, 2.45) is 0 Å². The molecule has 0 spiro atoms. The van der Waals surface area contributed by atoms with Crippen molar-refractivity contribution in [1.82, 2.24) is 5.16 Å². The van der Waals surface area contributed by atoms with Crippen LogP contribution in [0.15, 0.2) is 53.1 Å². The predicted molar refractivity (Wildman–Crippen MR) is 102 cm³/mol. The van der Waals surface area contributed by atoms with Gasteiger partial charge >= 0.3 is 5.97 Å². The fourth-order valence-electron chi connectivity index (χ4n) is 2.48.